The zero-order chi connectivity index (χ0) is 13.7. The number of hydrogen-bond donors (Lipinski definition) is 1. The summed E-state index contributed by atoms with van der Waals surface area (Å²) >= 11 is 5.03. The van der Waals surface area contributed by atoms with Crippen molar-refractivity contribution in [1.82, 2.24) is 5.32 Å². The van der Waals surface area contributed by atoms with E-state index in [1.807, 2.05) is 36.6 Å². The lowest BCUT2D eigenvalue weighted by atomic mass is 10.1. The lowest BCUT2D eigenvalue weighted by Crippen LogP contribution is -2.34. The minimum absolute atomic E-state index is 0.0899. The highest BCUT2D eigenvalue weighted by molar-refractivity contribution is 9.10. The average Bonchev–Trinajstić information content (AvgIpc) is 2.84. The second-order valence-corrected chi connectivity index (χ2v) is 6.50. The first-order chi connectivity index (χ1) is 9.13. The molecule has 0 saturated carbocycles. The summed E-state index contributed by atoms with van der Waals surface area (Å²) in [6.45, 7) is 2.04. The number of nitrogens with one attached hydrogen (secondary N) is 1. The van der Waals surface area contributed by atoms with Crippen molar-refractivity contribution in [2.24, 2.45) is 0 Å². The van der Waals surface area contributed by atoms with E-state index >= 15 is 0 Å². The highest BCUT2D eigenvalue weighted by Gasteiger charge is 2.09. The van der Waals surface area contributed by atoms with Gasteiger partial charge in [-0.15, -0.1) is 11.3 Å². The second kappa shape index (κ2) is 6.87. The molecule has 1 atom stereocenters. The zero-order valence-electron chi connectivity index (χ0n) is 10.7. The molecule has 0 bridgehead atoms. The van der Waals surface area contributed by atoms with Crippen molar-refractivity contribution in [3.63, 3.8) is 0 Å². The zero-order valence-corrected chi connectivity index (χ0v) is 13.1. The van der Waals surface area contributed by atoms with Crippen molar-refractivity contribution in [3.8, 4) is 0 Å². The standard InChI is InChI=1S/C15H16BrNOS/c1-11(9-12-4-6-13(16)7-5-12)17-15(18)10-14-3-2-8-19-14/h2-8,11H,9-10H2,1H3,(H,17,18). The predicted octanol–water partition coefficient (Wildman–Crippen LogP) is 3.80. The van der Waals surface area contributed by atoms with E-state index in [4.69, 9.17) is 0 Å². The van der Waals surface area contributed by atoms with E-state index in [-0.39, 0.29) is 11.9 Å². The molecule has 1 aromatic heterocycles. The largest absolute Gasteiger partial charge is 0.353 e. The van der Waals surface area contributed by atoms with Crippen molar-refractivity contribution < 1.29 is 4.79 Å². The molecule has 1 heterocycles. The van der Waals surface area contributed by atoms with Gasteiger partial charge in [0.1, 0.15) is 0 Å². The maximum absolute atomic E-state index is 11.9. The van der Waals surface area contributed by atoms with Crippen LogP contribution in [0.5, 0.6) is 0 Å². The predicted molar refractivity (Wildman–Crippen MR) is 83.5 cm³/mol. The highest BCUT2D eigenvalue weighted by Crippen LogP contribution is 2.12. The summed E-state index contributed by atoms with van der Waals surface area (Å²) in [5.74, 6) is 0.0899. The molecule has 1 unspecified atom stereocenters. The smallest absolute Gasteiger partial charge is 0.225 e. The van der Waals surface area contributed by atoms with Gasteiger partial charge in [0.15, 0.2) is 0 Å². The van der Waals surface area contributed by atoms with Crippen LogP contribution in [0.4, 0.5) is 0 Å². The maximum atomic E-state index is 11.9. The third-order valence-corrected chi connectivity index (χ3v) is 4.18. The third-order valence-electron chi connectivity index (χ3n) is 2.78. The minimum atomic E-state index is 0.0899. The molecule has 1 amide bonds. The minimum Gasteiger partial charge on any atom is -0.353 e. The Morgan fingerprint density at radius 1 is 1.32 bits per heavy atom. The fourth-order valence-corrected chi connectivity index (χ4v) is 2.89. The number of rotatable bonds is 5. The van der Waals surface area contributed by atoms with Crippen LogP contribution in [0.1, 0.15) is 17.4 Å². The molecule has 2 rings (SSSR count). The van der Waals surface area contributed by atoms with Gasteiger partial charge in [-0.2, -0.15) is 0 Å². The molecule has 0 radical (unpaired) electrons. The number of thiophene rings is 1. The fourth-order valence-electron chi connectivity index (χ4n) is 1.92. The summed E-state index contributed by atoms with van der Waals surface area (Å²) in [6.07, 6.45) is 1.33. The molecule has 0 aliphatic rings. The maximum Gasteiger partial charge on any atom is 0.225 e. The van der Waals surface area contributed by atoms with E-state index in [1.54, 1.807) is 11.3 Å². The first-order valence-electron chi connectivity index (χ1n) is 6.19. The molecule has 1 N–H and O–H groups in total. The molecule has 1 aromatic carbocycles. The molecule has 100 valence electrons. The van der Waals surface area contributed by atoms with Crippen LogP contribution in [-0.4, -0.2) is 11.9 Å². The molecular weight excluding hydrogens is 322 g/mol. The average molecular weight is 338 g/mol. The van der Waals surface area contributed by atoms with E-state index in [1.165, 1.54) is 5.56 Å². The summed E-state index contributed by atoms with van der Waals surface area (Å²) in [7, 11) is 0. The molecule has 2 nitrogen and oxygen atoms in total. The van der Waals surface area contributed by atoms with Gasteiger partial charge in [0.05, 0.1) is 6.42 Å². The van der Waals surface area contributed by atoms with Gasteiger partial charge in [0.25, 0.3) is 0 Å². The normalized spacial score (nSPS) is 12.1. The second-order valence-electron chi connectivity index (χ2n) is 4.56. The molecule has 2 aromatic rings. The SMILES string of the molecule is CC(Cc1ccc(Br)cc1)NC(=O)Cc1cccs1. The van der Waals surface area contributed by atoms with E-state index in [0.717, 1.165) is 15.8 Å². The van der Waals surface area contributed by atoms with Gasteiger partial charge in [0, 0.05) is 15.4 Å². The number of carbonyl (C=O) groups excluding carboxylic acids is 1. The molecule has 0 fully saturated rings. The van der Waals surface area contributed by atoms with Gasteiger partial charge in [-0.05, 0) is 42.5 Å². The molecule has 0 saturated heterocycles. The number of amides is 1. The molecule has 19 heavy (non-hydrogen) atoms. The summed E-state index contributed by atoms with van der Waals surface area (Å²) in [6, 6.07) is 12.3. The highest BCUT2D eigenvalue weighted by atomic mass is 79.9. The van der Waals surface area contributed by atoms with Crippen LogP contribution < -0.4 is 5.32 Å². The molecule has 0 aliphatic carbocycles. The Bertz CT molecular complexity index is 522. The van der Waals surface area contributed by atoms with Gasteiger partial charge >= 0.3 is 0 Å². The molecule has 0 spiro atoms. The Morgan fingerprint density at radius 3 is 2.68 bits per heavy atom. The quantitative estimate of drug-likeness (QED) is 0.883. The van der Waals surface area contributed by atoms with Crippen molar-refractivity contribution in [2.75, 3.05) is 0 Å². The van der Waals surface area contributed by atoms with Crippen molar-refractivity contribution in [3.05, 3.63) is 56.7 Å². The van der Waals surface area contributed by atoms with E-state index in [2.05, 4.69) is 33.4 Å². The number of hydrogen-bond acceptors (Lipinski definition) is 2. The van der Waals surface area contributed by atoms with E-state index in [0.29, 0.717) is 6.42 Å². The molecular formula is C15H16BrNOS. The van der Waals surface area contributed by atoms with Crippen molar-refractivity contribution in [2.45, 2.75) is 25.8 Å². The Kier molecular flexibility index (Phi) is 5.16. The van der Waals surface area contributed by atoms with Gasteiger partial charge in [-0.3, -0.25) is 4.79 Å². The van der Waals surface area contributed by atoms with Crippen LogP contribution in [0.15, 0.2) is 46.3 Å². The van der Waals surface area contributed by atoms with Crippen LogP contribution >= 0.6 is 27.3 Å². The lowest BCUT2D eigenvalue weighted by Gasteiger charge is -2.13. The third kappa shape index (κ3) is 4.80. The Balaban J connectivity index is 1.82. The first kappa shape index (κ1) is 14.3. The van der Waals surface area contributed by atoms with Gasteiger partial charge in [0.2, 0.25) is 5.91 Å². The topological polar surface area (TPSA) is 29.1 Å². The number of benzene rings is 1. The number of halogens is 1. The summed E-state index contributed by atoms with van der Waals surface area (Å²) in [5, 5.41) is 5.03. The summed E-state index contributed by atoms with van der Waals surface area (Å²) < 4.78 is 1.07. The summed E-state index contributed by atoms with van der Waals surface area (Å²) in [4.78, 5) is 13.0. The lowest BCUT2D eigenvalue weighted by molar-refractivity contribution is -0.120. The van der Waals surface area contributed by atoms with Crippen LogP contribution in [0.25, 0.3) is 0 Å². The van der Waals surface area contributed by atoms with Gasteiger partial charge in [-0.1, -0.05) is 34.1 Å². The van der Waals surface area contributed by atoms with Crippen LogP contribution in [0.3, 0.4) is 0 Å². The van der Waals surface area contributed by atoms with Gasteiger partial charge < -0.3 is 5.32 Å². The monoisotopic (exact) mass is 337 g/mol. The Hall–Kier alpha value is -1.13. The van der Waals surface area contributed by atoms with Crippen LogP contribution in [0, 0.1) is 0 Å². The molecule has 0 aliphatic heterocycles. The van der Waals surface area contributed by atoms with Gasteiger partial charge in [-0.25, -0.2) is 0 Å². The summed E-state index contributed by atoms with van der Waals surface area (Å²) in [5.41, 5.74) is 1.23. The van der Waals surface area contributed by atoms with Crippen LogP contribution in [-0.2, 0) is 17.6 Å². The number of carbonyl (C=O) groups is 1. The van der Waals surface area contributed by atoms with Crippen molar-refractivity contribution >= 4 is 33.2 Å². The van der Waals surface area contributed by atoms with E-state index in [9.17, 15) is 4.79 Å². The van der Waals surface area contributed by atoms with Crippen molar-refractivity contribution in [1.29, 1.82) is 0 Å². The van der Waals surface area contributed by atoms with E-state index < -0.39 is 0 Å². The fraction of sp³-hybridized carbons (Fsp3) is 0.267. The Morgan fingerprint density at radius 2 is 2.05 bits per heavy atom. The van der Waals surface area contributed by atoms with Crippen LogP contribution in [0.2, 0.25) is 0 Å². The first-order valence-corrected chi connectivity index (χ1v) is 7.87. The molecule has 4 heteroatoms. The Labute approximate surface area is 126 Å².